The second-order valence-electron chi connectivity index (χ2n) is 6.46. The van der Waals surface area contributed by atoms with Gasteiger partial charge in [-0.2, -0.15) is 0 Å². The first-order valence-electron chi connectivity index (χ1n) is 8.77. The lowest BCUT2D eigenvalue weighted by molar-refractivity contribution is 0.0149. The van der Waals surface area contributed by atoms with Crippen molar-refractivity contribution in [2.24, 2.45) is 0 Å². The molecule has 9 nitrogen and oxygen atoms in total. The Kier molecular flexibility index (Phi) is 7.58. The van der Waals surface area contributed by atoms with Crippen LogP contribution in [0.4, 0.5) is 0 Å². The number of aromatic carboxylic acids is 2. The highest BCUT2D eigenvalue weighted by molar-refractivity contribution is 5.97. The highest BCUT2D eigenvalue weighted by Gasteiger charge is 2.22. The molecule has 0 amide bonds. The van der Waals surface area contributed by atoms with Gasteiger partial charge in [0.1, 0.15) is 5.69 Å². The molecule has 0 spiro atoms. The molecule has 1 saturated heterocycles. The van der Waals surface area contributed by atoms with Crippen molar-refractivity contribution in [2.45, 2.75) is 25.9 Å². The summed E-state index contributed by atoms with van der Waals surface area (Å²) in [5, 5.41) is 31.6. The van der Waals surface area contributed by atoms with Crippen molar-refractivity contribution < 1.29 is 29.6 Å². The molecule has 0 bridgehead atoms. The fourth-order valence-electron chi connectivity index (χ4n) is 3.15. The number of aliphatic hydroxyl groups excluding tert-OH is 1. The molecule has 0 aromatic carbocycles. The number of aryl methyl sites for hydroxylation is 1. The van der Waals surface area contributed by atoms with Gasteiger partial charge >= 0.3 is 11.9 Å². The summed E-state index contributed by atoms with van der Waals surface area (Å²) in [6, 6.07) is 0. The molecule has 1 aromatic rings. The number of aromatic amines is 1. The minimum Gasteiger partial charge on any atom is -0.478 e. The van der Waals surface area contributed by atoms with Crippen LogP contribution in [0.15, 0.2) is 0 Å². The Labute approximate surface area is 152 Å². The molecule has 1 atom stereocenters. The first-order chi connectivity index (χ1) is 12.4. The molecule has 1 aliphatic rings. The summed E-state index contributed by atoms with van der Waals surface area (Å²) in [7, 11) is 0. The van der Waals surface area contributed by atoms with Crippen molar-refractivity contribution in [1.82, 2.24) is 15.2 Å². The van der Waals surface area contributed by atoms with Crippen molar-refractivity contribution in [3.63, 3.8) is 0 Å². The lowest BCUT2D eigenvalue weighted by Gasteiger charge is -2.28. The van der Waals surface area contributed by atoms with E-state index in [2.05, 4.69) is 15.2 Å². The van der Waals surface area contributed by atoms with Gasteiger partial charge in [0.2, 0.25) is 0 Å². The van der Waals surface area contributed by atoms with Crippen molar-refractivity contribution >= 4 is 11.9 Å². The number of rotatable bonds is 10. The first kappa shape index (κ1) is 20.4. The third-order valence-corrected chi connectivity index (χ3v) is 4.49. The lowest BCUT2D eigenvalue weighted by atomic mass is 10.1. The molecule has 2 heterocycles. The smallest absolute Gasteiger partial charge is 0.352 e. The van der Waals surface area contributed by atoms with E-state index >= 15 is 0 Å². The zero-order chi connectivity index (χ0) is 19.1. The SMILES string of the molecule is Cc1c(C(=O)O)[nH]c(CCCNC[C@H](O)CN2CCOCC2)c1C(=O)O. The molecule has 0 saturated carbocycles. The number of hydrogen-bond acceptors (Lipinski definition) is 6. The number of morpholine rings is 1. The molecule has 1 aromatic heterocycles. The van der Waals surface area contributed by atoms with E-state index < -0.39 is 18.0 Å². The number of carbonyl (C=O) groups is 2. The number of carboxylic acid groups (broad SMARTS) is 2. The van der Waals surface area contributed by atoms with Gasteiger partial charge in [0.15, 0.2) is 0 Å². The second kappa shape index (κ2) is 9.67. The lowest BCUT2D eigenvalue weighted by Crippen LogP contribution is -2.43. The minimum absolute atomic E-state index is 0.0368. The monoisotopic (exact) mass is 369 g/mol. The predicted octanol–water partition coefficient (Wildman–Crippen LogP) is -0.0652. The fraction of sp³-hybridized carbons (Fsp3) is 0.647. The van der Waals surface area contributed by atoms with Crippen LogP contribution in [0.25, 0.3) is 0 Å². The standard InChI is InChI=1S/C17H27N3O6/c1-11-14(16(22)23)13(19-15(11)17(24)25)3-2-4-18-9-12(21)10-20-5-7-26-8-6-20/h12,18-19,21H,2-10H2,1H3,(H,22,23)(H,24,25)/t12-/m0/s1. The Morgan fingerprint density at radius 3 is 2.58 bits per heavy atom. The Morgan fingerprint density at radius 1 is 1.27 bits per heavy atom. The topological polar surface area (TPSA) is 135 Å². The minimum atomic E-state index is -1.17. The molecular formula is C17H27N3O6. The molecule has 5 N–H and O–H groups in total. The third kappa shape index (κ3) is 5.53. The molecule has 26 heavy (non-hydrogen) atoms. The fourth-order valence-corrected chi connectivity index (χ4v) is 3.15. The summed E-state index contributed by atoms with van der Waals surface area (Å²) in [5.74, 6) is -2.30. The number of β-amino-alcohol motifs (C(OH)–C–C–N with tert-alkyl or cyclic N) is 1. The van der Waals surface area contributed by atoms with Crippen LogP contribution < -0.4 is 5.32 Å². The Balaban J connectivity index is 1.74. The number of aliphatic hydroxyl groups is 1. The van der Waals surface area contributed by atoms with Gasteiger partial charge in [0.05, 0.1) is 24.9 Å². The zero-order valence-electron chi connectivity index (χ0n) is 15.0. The number of nitrogens with zero attached hydrogens (tertiary/aromatic N) is 1. The number of nitrogens with one attached hydrogen (secondary N) is 2. The summed E-state index contributed by atoms with van der Waals surface area (Å²) in [5.41, 5.74) is 0.623. The number of carboxylic acids is 2. The highest BCUT2D eigenvalue weighted by Crippen LogP contribution is 2.20. The van der Waals surface area contributed by atoms with Gasteiger partial charge < -0.3 is 30.4 Å². The van der Waals surface area contributed by atoms with Crippen molar-refractivity contribution in [3.8, 4) is 0 Å². The maximum Gasteiger partial charge on any atom is 0.352 e. The van der Waals surface area contributed by atoms with E-state index in [9.17, 15) is 19.8 Å². The highest BCUT2D eigenvalue weighted by atomic mass is 16.5. The van der Waals surface area contributed by atoms with Crippen LogP contribution in [-0.4, -0.2) is 89.2 Å². The van der Waals surface area contributed by atoms with Crippen LogP contribution in [0, 0.1) is 6.92 Å². The number of aromatic nitrogens is 1. The second-order valence-corrected chi connectivity index (χ2v) is 6.46. The number of H-pyrrole nitrogens is 1. The molecule has 0 unspecified atom stereocenters. The summed E-state index contributed by atoms with van der Waals surface area (Å²) in [6.45, 7) is 6.18. The Hall–Kier alpha value is -1.94. The molecule has 9 heteroatoms. The maximum absolute atomic E-state index is 11.4. The van der Waals surface area contributed by atoms with Crippen LogP contribution in [0.2, 0.25) is 0 Å². The van der Waals surface area contributed by atoms with E-state index in [1.54, 1.807) is 0 Å². The van der Waals surface area contributed by atoms with Crippen LogP contribution in [0.5, 0.6) is 0 Å². The quantitative estimate of drug-likeness (QED) is 0.362. The summed E-state index contributed by atoms with van der Waals surface area (Å²) < 4.78 is 5.27. The van der Waals surface area contributed by atoms with E-state index in [1.165, 1.54) is 6.92 Å². The number of hydrogen-bond donors (Lipinski definition) is 5. The van der Waals surface area contributed by atoms with E-state index in [4.69, 9.17) is 9.84 Å². The zero-order valence-corrected chi connectivity index (χ0v) is 15.0. The number of ether oxygens (including phenoxy) is 1. The molecule has 1 fully saturated rings. The van der Waals surface area contributed by atoms with Crippen LogP contribution >= 0.6 is 0 Å². The van der Waals surface area contributed by atoms with E-state index in [0.717, 1.165) is 13.1 Å². The third-order valence-electron chi connectivity index (χ3n) is 4.49. The van der Waals surface area contributed by atoms with E-state index in [1.807, 2.05) is 0 Å². The van der Waals surface area contributed by atoms with Crippen LogP contribution in [0.3, 0.4) is 0 Å². The van der Waals surface area contributed by atoms with Gasteiger partial charge in [-0.25, -0.2) is 9.59 Å². The van der Waals surface area contributed by atoms with Crippen LogP contribution in [-0.2, 0) is 11.2 Å². The van der Waals surface area contributed by atoms with Crippen molar-refractivity contribution in [3.05, 3.63) is 22.5 Å². The van der Waals surface area contributed by atoms with Crippen molar-refractivity contribution in [2.75, 3.05) is 45.9 Å². The molecule has 0 radical (unpaired) electrons. The van der Waals surface area contributed by atoms with E-state index in [0.29, 0.717) is 51.4 Å². The van der Waals surface area contributed by atoms with Crippen molar-refractivity contribution in [1.29, 1.82) is 0 Å². The average molecular weight is 369 g/mol. The normalized spacial score (nSPS) is 16.5. The van der Waals surface area contributed by atoms with Gasteiger partial charge in [0.25, 0.3) is 0 Å². The van der Waals surface area contributed by atoms with E-state index in [-0.39, 0.29) is 16.8 Å². The average Bonchev–Trinajstić information content (AvgIpc) is 2.92. The molecule has 2 rings (SSSR count). The molecule has 146 valence electrons. The van der Waals surface area contributed by atoms with Gasteiger partial charge in [-0.15, -0.1) is 0 Å². The Morgan fingerprint density at radius 2 is 1.96 bits per heavy atom. The largest absolute Gasteiger partial charge is 0.478 e. The molecular weight excluding hydrogens is 342 g/mol. The first-order valence-corrected chi connectivity index (χ1v) is 8.77. The summed E-state index contributed by atoms with van der Waals surface area (Å²) in [6.07, 6.45) is 0.570. The summed E-state index contributed by atoms with van der Waals surface area (Å²) in [4.78, 5) is 27.4. The Bertz CT molecular complexity index is 624. The predicted molar refractivity (Wildman–Crippen MR) is 93.9 cm³/mol. The summed E-state index contributed by atoms with van der Waals surface area (Å²) >= 11 is 0. The van der Waals surface area contributed by atoms with Gasteiger partial charge in [-0.1, -0.05) is 0 Å². The maximum atomic E-state index is 11.4. The van der Waals surface area contributed by atoms with Gasteiger partial charge in [0, 0.05) is 31.9 Å². The van der Waals surface area contributed by atoms with Crippen LogP contribution in [0.1, 0.15) is 38.5 Å². The molecule has 1 aliphatic heterocycles. The van der Waals surface area contributed by atoms with Gasteiger partial charge in [-0.3, -0.25) is 4.90 Å². The van der Waals surface area contributed by atoms with Gasteiger partial charge in [-0.05, 0) is 31.9 Å². The molecule has 0 aliphatic carbocycles.